The number of thioether (sulfide) groups is 1. The number of carbonyl (C=O) groups excluding carboxylic acids is 1. The number of ether oxygens (including phenoxy) is 2. The number of nitrogens with zero attached hydrogens (tertiary/aromatic N) is 5. The monoisotopic (exact) mass is 469 g/mol. The molecule has 0 aliphatic carbocycles. The highest BCUT2D eigenvalue weighted by Crippen LogP contribution is 2.41. The number of piperazine rings is 1. The Kier molecular flexibility index (Phi) is 5.58. The zero-order valence-corrected chi connectivity index (χ0v) is 19.8. The second kappa shape index (κ2) is 7.81. The van der Waals surface area contributed by atoms with E-state index in [2.05, 4.69) is 19.9 Å². The van der Waals surface area contributed by atoms with Crippen LogP contribution in [0.15, 0.2) is 5.16 Å². The summed E-state index contributed by atoms with van der Waals surface area (Å²) in [6.45, 7) is 10.2. The number of aromatic nitrogens is 3. The quantitative estimate of drug-likeness (QED) is 0.350. The number of fused-ring (bicyclic) bond motifs is 2. The Morgan fingerprint density at radius 3 is 2.61 bits per heavy atom. The Hall–Kier alpha value is -2.07. The van der Waals surface area contributed by atoms with E-state index >= 15 is 0 Å². The Morgan fingerprint density at radius 2 is 1.97 bits per heavy atom. The summed E-state index contributed by atoms with van der Waals surface area (Å²) in [4.78, 5) is 29.7. The molecule has 11 heteroatoms. The molecule has 3 atom stereocenters. The van der Waals surface area contributed by atoms with Crippen LogP contribution in [0.2, 0.25) is 5.15 Å². The minimum absolute atomic E-state index is 0.0828. The van der Waals surface area contributed by atoms with E-state index in [4.69, 9.17) is 21.1 Å². The molecule has 31 heavy (non-hydrogen) atoms. The van der Waals surface area contributed by atoms with Crippen molar-refractivity contribution in [2.45, 2.75) is 63.6 Å². The van der Waals surface area contributed by atoms with Crippen molar-refractivity contribution in [2.75, 3.05) is 24.2 Å². The molecule has 0 N–H and O–H groups in total. The van der Waals surface area contributed by atoms with Gasteiger partial charge in [0.15, 0.2) is 16.1 Å². The van der Waals surface area contributed by atoms with E-state index in [-0.39, 0.29) is 40.8 Å². The average Bonchev–Trinajstić information content (AvgIpc) is 2.79. The lowest BCUT2D eigenvalue weighted by molar-refractivity contribution is 0.00763. The van der Waals surface area contributed by atoms with Crippen molar-refractivity contribution in [1.82, 2.24) is 19.9 Å². The summed E-state index contributed by atoms with van der Waals surface area (Å²) in [6.07, 6.45) is 1.08. The van der Waals surface area contributed by atoms with Crippen LogP contribution in [0, 0.1) is 5.82 Å². The molecule has 0 aromatic carbocycles. The SMILES string of the molecule is CSc1nc2c3c(nc(Cl)c(F)c3n1)O[C@@H](C)[C@@H]1CN(C(=O)OC(C)(C)C)C(C)CN21. The van der Waals surface area contributed by atoms with E-state index in [1.165, 1.54) is 11.8 Å². The molecule has 0 radical (unpaired) electrons. The summed E-state index contributed by atoms with van der Waals surface area (Å²) in [6, 6.07) is -0.403. The highest BCUT2D eigenvalue weighted by atomic mass is 35.5. The van der Waals surface area contributed by atoms with Gasteiger partial charge in [-0.2, -0.15) is 4.98 Å². The Labute approximate surface area is 189 Å². The molecule has 1 saturated heterocycles. The molecule has 4 heterocycles. The summed E-state index contributed by atoms with van der Waals surface area (Å²) in [5.74, 6) is 0.0365. The molecule has 2 aliphatic rings. The smallest absolute Gasteiger partial charge is 0.410 e. The Morgan fingerprint density at radius 1 is 1.26 bits per heavy atom. The normalized spacial score (nSPS) is 23.3. The van der Waals surface area contributed by atoms with Crippen LogP contribution in [0.5, 0.6) is 5.88 Å². The first-order chi connectivity index (χ1) is 14.5. The van der Waals surface area contributed by atoms with E-state index in [0.29, 0.717) is 29.5 Å². The van der Waals surface area contributed by atoms with Gasteiger partial charge in [0.05, 0.1) is 6.04 Å². The first-order valence-corrected chi connectivity index (χ1v) is 11.6. The number of anilines is 1. The maximum Gasteiger partial charge on any atom is 0.410 e. The first-order valence-electron chi connectivity index (χ1n) is 10.0. The van der Waals surface area contributed by atoms with Crippen molar-refractivity contribution in [3.63, 3.8) is 0 Å². The number of carbonyl (C=O) groups is 1. The molecular formula is C20H25ClFN5O3S. The van der Waals surface area contributed by atoms with Gasteiger partial charge in [0.25, 0.3) is 0 Å². The van der Waals surface area contributed by atoms with Gasteiger partial charge < -0.3 is 19.3 Å². The van der Waals surface area contributed by atoms with Gasteiger partial charge in [0.1, 0.15) is 28.4 Å². The van der Waals surface area contributed by atoms with Gasteiger partial charge in [-0.15, -0.1) is 0 Å². The average molecular weight is 470 g/mol. The number of halogens is 2. The lowest BCUT2D eigenvalue weighted by atomic mass is 10.0. The molecule has 2 aliphatic heterocycles. The standard InChI is InChI=1S/C20H25ClFN5O3S/c1-9-7-27-11(8-26(9)19(28)30-20(3,4)5)10(2)29-17-12-14(13(22)15(21)24-17)23-18(31-6)25-16(12)27/h9-11H,7-8H2,1-6H3/t9?,10-,11-/m0/s1. The van der Waals surface area contributed by atoms with Crippen LogP contribution in [0.4, 0.5) is 15.0 Å². The second-order valence-corrected chi connectivity index (χ2v) is 9.94. The molecular weight excluding hydrogens is 445 g/mol. The number of hydrogen-bond donors (Lipinski definition) is 0. The van der Waals surface area contributed by atoms with Crippen LogP contribution in [-0.4, -0.2) is 69.1 Å². The van der Waals surface area contributed by atoms with E-state index in [9.17, 15) is 9.18 Å². The predicted molar refractivity (Wildman–Crippen MR) is 118 cm³/mol. The van der Waals surface area contributed by atoms with Crippen LogP contribution in [0.1, 0.15) is 34.6 Å². The topological polar surface area (TPSA) is 80.7 Å². The minimum atomic E-state index is -0.700. The fraction of sp³-hybridized carbons (Fsp3) is 0.600. The summed E-state index contributed by atoms with van der Waals surface area (Å²) in [5, 5.41) is 0.520. The summed E-state index contributed by atoms with van der Waals surface area (Å²) in [5.41, 5.74) is -0.514. The van der Waals surface area contributed by atoms with Gasteiger partial charge in [-0.3, -0.25) is 0 Å². The zero-order chi connectivity index (χ0) is 22.7. The molecule has 2 aromatic heterocycles. The van der Waals surface area contributed by atoms with Crippen LogP contribution in [0.3, 0.4) is 0 Å². The molecule has 0 spiro atoms. The van der Waals surface area contributed by atoms with E-state index in [1.807, 2.05) is 40.9 Å². The van der Waals surface area contributed by atoms with Gasteiger partial charge in [0, 0.05) is 19.1 Å². The molecule has 8 nitrogen and oxygen atoms in total. The minimum Gasteiger partial charge on any atom is -0.472 e. The molecule has 4 rings (SSSR count). The molecule has 1 fully saturated rings. The number of rotatable bonds is 1. The number of hydrogen-bond acceptors (Lipinski definition) is 8. The lowest BCUT2D eigenvalue weighted by Gasteiger charge is -2.46. The third kappa shape index (κ3) is 3.95. The van der Waals surface area contributed by atoms with Gasteiger partial charge in [-0.1, -0.05) is 23.4 Å². The summed E-state index contributed by atoms with van der Waals surface area (Å²) < 4.78 is 26.6. The molecule has 2 aromatic rings. The second-order valence-electron chi connectivity index (χ2n) is 8.80. The van der Waals surface area contributed by atoms with Crippen LogP contribution >= 0.6 is 23.4 Å². The Balaban J connectivity index is 1.81. The Bertz CT molecular complexity index is 1050. The third-order valence-corrected chi connectivity index (χ3v) is 6.17. The largest absolute Gasteiger partial charge is 0.472 e. The van der Waals surface area contributed by atoms with Crippen molar-refractivity contribution >= 4 is 46.2 Å². The van der Waals surface area contributed by atoms with Crippen LogP contribution < -0.4 is 9.64 Å². The molecule has 0 bridgehead atoms. The van der Waals surface area contributed by atoms with Crippen LogP contribution in [0.25, 0.3) is 10.9 Å². The van der Waals surface area contributed by atoms with Gasteiger partial charge in [-0.25, -0.2) is 19.2 Å². The van der Waals surface area contributed by atoms with Crippen molar-refractivity contribution in [3.05, 3.63) is 11.0 Å². The summed E-state index contributed by atoms with van der Waals surface area (Å²) >= 11 is 7.34. The molecule has 168 valence electrons. The van der Waals surface area contributed by atoms with E-state index in [1.54, 1.807) is 4.90 Å². The number of amides is 1. The fourth-order valence-electron chi connectivity index (χ4n) is 3.93. The third-order valence-electron chi connectivity index (χ3n) is 5.37. The van der Waals surface area contributed by atoms with Crippen molar-refractivity contribution in [3.8, 4) is 5.88 Å². The molecule has 1 unspecified atom stereocenters. The maximum absolute atomic E-state index is 14.9. The van der Waals surface area contributed by atoms with E-state index in [0.717, 1.165) is 0 Å². The number of pyridine rings is 1. The van der Waals surface area contributed by atoms with Crippen molar-refractivity contribution in [2.24, 2.45) is 0 Å². The van der Waals surface area contributed by atoms with Crippen LogP contribution in [-0.2, 0) is 4.74 Å². The first kappa shape index (κ1) is 22.1. The molecule has 0 saturated carbocycles. The highest BCUT2D eigenvalue weighted by molar-refractivity contribution is 7.98. The summed E-state index contributed by atoms with van der Waals surface area (Å²) in [7, 11) is 0. The fourth-order valence-corrected chi connectivity index (χ4v) is 4.46. The lowest BCUT2D eigenvalue weighted by Crippen LogP contribution is -2.63. The zero-order valence-electron chi connectivity index (χ0n) is 18.3. The van der Waals surface area contributed by atoms with Gasteiger partial charge >= 0.3 is 6.09 Å². The van der Waals surface area contributed by atoms with Gasteiger partial charge in [0.2, 0.25) is 5.88 Å². The highest BCUT2D eigenvalue weighted by Gasteiger charge is 2.43. The van der Waals surface area contributed by atoms with Gasteiger partial charge in [-0.05, 0) is 40.9 Å². The predicted octanol–water partition coefficient (Wildman–Crippen LogP) is 4.13. The maximum atomic E-state index is 14.9. The molecule has 1 amide bonds. The van der Waals surface area contributed by atoms with E-state index < -0.39 is 11.4 Å². The van der Waals surface area contributed by atoms with Crippen molar-refractivity contribution in [1.29, 1.82) is 0 Å². The van der Waals surface area contributed by atoms with Crippen molar-refractivity contribution < 1.29 is 18.7 Å².